The van der Waals surface area contributed by atoms with E-state index < -0.39 is 12.1 Å². The highest BCUT2D eigenvalue weighted by molar-refractivity contribution is 8.14. The number of alkyl halides is 3. The van der Waals surface area contributed by atoms with E-state index in [-0.39, 0.29) is 10.4 Å². The minimum atomic E-state index is -4.84. The van der Waals surface area contributed by atoms with Gasteiger partial charge in [0, 0.05) is 11.8 Å². The van der Waals surface area contributed by atoms with Crippen LogP contribution < -0.4 is 5.32 Å². The molecule has 3 nitrogen and oxygen atoms in total. The molecule has 1 amide bonds. The van der Waals surface area contributed by atoms with Crippen molar-refractivity contribution in [2.45, 2.75) is 24.8 Å². The second-order valence-electron chi connectivity index (χ2n) is 2.86. The minimum absolute atomic E-state index is 0.0612. The van der Waals surface area contributed by atoms with Gasteiger partial charge in [-0.25, -0.2) is 0 Å². The molecule has 1 rings (SSSR count). The third kappa shape index (κ3) is 3.21. The van der Waals surface area contributed by atoms with Crippen LogP contribution in [0, 0.1) is 0 Å². The van der Waals surface area contributed by atoms with Crippen LogP contribution in [0.25, 0.3) is 0 Å². The molecule has 0 spiro atoms. The number of hydrogen-bond donors (Lipinski definition) is 1. The Bertz CT molecular complexity index is 264. The van der Waals surface area contributed by atoms with Gasteiger partial charge >= 0.3 is 12.1 Å². The van der Waals surface area contributed by atoms with Gasteiger partial charge in [-0.05, 0) is 6.42 Å². The standard InChI is InChI=1S/C7H9F3N2OS/c1-4-2-3-11-6(14-4)12-5(13)7(8,9)10/h4H,2-3H2,1H3,(H,11,12,13). The van der Waals surface area contributed by atoms with E-state index in [9.17, 15) is 18.0 Å². The van der Waals surface area contributed by atoms with Gasteiger partial charge in [-0.2, -0.15) is 13.2 Å². The topological polar surface area (TPSA) is 41.5 Å². The third-order valence-corrected chi connectivity index (χ3v) is 2.67. The Morgan fingerprint density at radius 1 is 1.64 bits per heavy atom. The Balaban J connectivity index is 2.53. The Morgan fingerprint density at radius 2 is 2.29 bits per heavy atom. The van der Waals surface area contributed by atoms with Crippen molar-refractivity contribution >= 4 is 22.8 Å². The zero-order valence-corrected chi connectivity index (χ0v) is 8.21. The summed E-state index contributed by atoms with van der Waals surface area (Å²) in [5, 5.41) is 1.99. The highest BCUT2D eigenvalue weighted by Crippen LogP contribution is 2.21. The van der Waals surface area contributed by atoms with Gasteiger partial charge in [0.2, 0.25) is 0 Å². The van der Waals surface area contributed by atoms with Crippen molar-refractivity contribution in [1.82, 2.24) is 5.32 Å². The average molecular weight is 226 g/mol. The molecule has 80 valence electrons. The van der Waals surface area contributed by atoms with Crippen molar-refractivity contribution in [1.29, 1.82) is 0 Å². The van der Waals surface area contributed by atoms with Crippen LogP contribution in [0.15, 0.2) is 4.99 Å². The molecule has 0 aliphatic carbocycles. The summed E-state index contributed by atoms with van der Waals surface area (Å²) in [4.78, 5) is 14.3. The summed E-state index contributed by atoms with van der Waals surface area (Å²) in [5.41, 5.74) is 0. The summed E-state index contributed by atoms with van der Waals surface area (Å²) in [6.45, 7) is 2.33. The molecule has 0 bridgehead atoms. The van der Waals surface area contributed by atoms with Gasteiger partial charge < -0.3 is 0 Å². The number of amidine groups is 1. The van der Waals surface area contributed by atoms with E-state index in [0.717, 1.165) is 18.2 Å². The molecule has 1 atom stereocenters. The maximum atomic E-state index is 11.8. The van der Waals surface area contributed by atoms with E-state index in [4.69, 9.17) is 0 Å². The van der Waals surface area contributed by atoms with Crippen molar-refractivity contribution < 1.29 is 18.0 Å². The number of amides is 1. The van der Waals surface area contributed by atoms with Crippen LogP contribution in [-0.4, -0.2) is 29.0 Å². The molecule has 0 saturated heterocycles. The molecular weight excluding hydrogens is 217 g/mol. The molecule has 1 N–H and O–H groups in total. The van der Waals surface area contributed by atoms with Crippen LogP contribution in [0.5, 0.6) is 0 Å². The van der Waals surface area contributed by atoms with Crippen LogP contribution in [0.2, 0.25) is 0 Å². The molecular formula is C7H9F3N2OS. The summed E-state index contributed by atoms with van der Waals surface area (Å²) in [5.74, 6) is -1.96. The van der Waals surface area contributed by atoms with E-state index in [1.165, 1.54) is 0 Å². The van der Waals surface area contributed by atoms with Gasteiger partial charge in [0.1, 0.15) is 0 Å². The molecule has 0 aromatic heterocycles. The number of carbonyl (C=O) groups excluding carboxylic acids is 1. The van der Waals surface area contributed by atoms with Crippen LogP contribution >= 0.6 is 11.8 Å². The number of halogens is 3. The number of hydrogen-bond acceptors (Lipinski definition) is 3. The van der Waals surface area contributed by atoms with Crippen LogP contribution in [0.3, 0.4) is 0 Å². The molecule has 0 radical (unpaired) electrons. The first kappa shape index (κ1) is 11.4. The van der Waals surface area contributed by atoms with Crippen molar-refractivity contribution in [3.63, 3.8) is 0 Å². The third-order valence-electron chi connectivity index (χ3n) is 1.58. The van der Waals surface area contributed by atoms with E-state index in [2.05, 4.69) is 4.99 Å². The highest BCUT2D eigenvalue weighted by Gasteiger charge is 2.39. The molecule has 1 unspecified atom stereocenters. The second kappa shape index (κ2) is 4.20. The lowest BCUT2D eigenvalue weighted by molar-refractivity contribution is -0.171. The lowest BCUT2D eigenvalue weighted by Crippen LogP contribution is -2.40. The molecule has 1 heterocycles. The first-order valence-electron chi connectivity index (χ1n) is 3.99. The maximum absolute atomic E-state index is 11.8. The molecule has 7 heteroatoms. The van der Waals surface area contributed by atoms with Crippen molar-refractivity contribution in [3.05, 3.63) is 0 Å². The fourth-order valence-electron chi connectivity index (χ4n) is 0.872. The number of nitrogens with zero attached hydrogens (tertiary/aromatic N) is 1. The maximum Gasteiger partial charge on any atom is 0.471 e. The Hall–Kier alpha value is -0.720. The predicted octanol–water partition coefficient (Wildman–Crippen LogP) is 1.55. The molecule has 1 aliphatic heterocycles. The van der Waals surface area contributed by atoms with Crippen molar-refractivity contribution in [3.8, 4) is 0 Å². The second-order valence-corrected chi connectivity index (χ2v) is 4.28. The van der Waals surface area contributed by atoms with E-state index >= 15 is 0 Å². The molecule has 0 fully saturated rings. The first-order chi connectivity index (χ1) is 6.39. The van der Waals surface area contributed by atoms with Gasteiger partial charge in [0.25, 0.3) is 0 Å². The lowest BCUT2D eigenvalue weighted by Gasteiger charge is -2.18. The smallest absolute Gasteiger partial charge is 0.298 e. The van der Waals surface area contributed by atoms with Gasteiger partial charge in [0.05, 0.1) is 0 Å². The molecule has 0 aromatic rings. The largest absolute Gasteiger partial charge is 0.471 e. The fraction of sp³-hybridized carbons (Fsp3) is 0.714. The Kier molecular flexibility index (Phi) is 3.41. The number of rotatable bonds is 0. The summed E-state index contributed by atoms with van der Waals surface area (Å²) in [7, 11) is 0. The van der Waals surface area contributed by atoms with Crippen LogP contribution in [-0.2, 0) is 4.79 Å². The monoisotopic (exact) mass is 226 g/mol. The van der Waals surface area contributed by atoms with E-state index in [1.54, 1.807) is 5.32 Å². The number of thioether (sulfide) groups is 1. The van der Waals surface area contributed by atoms with Crippen LogP contribution in [0.1, 0.15) is 13.3 Å². The normalized spacial score (nSPS) is 22.9. The van der Waals surface area contributed by atoms with E-state index in [0.29, 0.717) is 6.54 Å². The Morgan fingerprint density at radius 3 is 2.79 bits per heavy atom. The first-order valence-corrected chi connectivity index (χ1v) is 4.87. The summed E-state index contributed by atoms with van der Waals surface area (Å²) in [6.07, 6.45) is -4.03. The summed E-state index contributed by atoms with van der Waals surface area (Å²) >= 11 is 1.15. The zero-order chi connectivity index (χ0) is 10.8. The summed E-state index contributed by atoms with van der Waals surface area (Å²) in [6, 6.07) is 0. The zero-order valence-electron chi connectivity index (χ0n) is 7.39. The molecule has 14 heavy (non-hydrogen) atoms. The van der Waals surface area contributed by atoms with Crippen LogP contribution in [0.4, 0.5) is 13.2 Å². The van der Waals surface area contributed by atoms with E-state index in [1.807, 2.05) is 6.92 Å². The van der Waals surface area contributed by atoms with Crippen molar-refractivity contribution in [2.75, 3.05) is 6.54 Å². The number of carbonyl (C=O) groups is 1. The number of nitrogens with one attached hydrogen (secondary N) is 1. The fourth-order valence-corrected chi connectivity index (χ4v) is 1.79. The van der Waals surface area contributed by atoms with Gasteiger partial charge in [0.15, 0.2) is 5.17 Å². The average Bonchev–Trinajstić information content (AvgIpc) is 2.02. The predicted molar refractivity (Wildman–Crippen MR) is 48.2 cm³/mol. The lowest BCUT2D eigenvalue weighted by atomic mass is 10.3. The van der Waals surface area contributed by atoms with Crippen molar-refractivity contribution in [2.24, 2.45) is 4.99 Å². The minimum Gasteiger partial charge on any atom is -0.298 e. The van der Waals surface area contributed by atoms with Gasteiger partial charge in [-0.15, -0.1) is 0 Å². The molecule has 0 saturated carbocycles. The number of aliphatic imine (C=N–C) groups is 1. The SMILES string of the molecule is CC1CCN=C(NC(=O)C(F)(F)F)S1. The Labute approximate surface area is 83.1 Å². The molecule has 0 aromatic carbocycles. The van der Waals surface area contributed by atoms with Gasteiger partial charge in [-0.3, -0.25) is 15.1 Å². The summed E-state index contributed by atoms with van der Waals surface area (Å²) < 4.78 is 35.5. The highest BCUT2D eigenvalue weighted by atomic mass is 32.2. The quantitative estimate of drug-likeness (QED) is 0.680. The van der Waals surface area contributed by atoms with Gasteiger partial charge in [-0.1, -0.05) is 18.7 Å². The molecule has 1 aliphatic rings.